The molecule has 0 radical (unpaired) electrons. The van der Waals surface area contributed by atoms with E-state index in [2.05, 4.69) is 11.8 Å². The topological polar surface area (TPSA) is 46.3 Å². The summed E-state index contributed by atoms with van der Waals surface area (Å²) in [7, 11) is 0. The third kappa shape index (κ3) is 3.31. The molecule has 1 amide bonds. The summed E-state index contributed by atoms with van der Waals surface area (Å²) in [5.74, 6) is 2.41. The van der Waals surface area contributed by atoms with E-state index in [1.54, 1.807) is 0 Å². The highest BCUT2D eigenvalue weighted by atomic mass is 16.2. The molecule has 3 aliphatic rings. The lowest BCUT2D eigenvalue weighted by Gasteiger charge is -2.39. The third-order valence-electron chi connectivity index (χ3n) is 5.10. The van der Waals surface area contributed by atoms with E-state index in [4.69, 9.17) is 5.73 Å². The van der Waals surface area contributed by atoms with Crippen LogP contribution in [0.5, 0.6) is 0 Å². The Hall–Kier alpha value is -0.570. The van der Waals surface area contributed by atoms with E-state index in [1.807, 2.05) is 0 Å². The van der Waals surface area contributed by atoms with Crippen molar-refractivity contribution >= 4 is 5.91 Å². The molecule has 0 spiro atoms. The first kappa shape index (κ1) is 13.4. The number of hydrogen-bond acceptors (Lipinski definition) is 2. The molecule has 2 unspecified atom stereocenters. The molecule has 19 heavy (non-hydrogen) atoms. The monoisotopic (exact) mass is 264 g/mol. The fraction of sp³-hybridized carbons (Fsp3) is 0.938. The summed E-state index contributed by atoms with van der Waals surface area (Å²) < 4.78 is 0. The van der Waals surface area contributed by atoms with Crippen LogP contribution in [0.1, 0.15) is 58.3 Å². The van der Waals surface area contributed by atoms with Crippen LogP contribution in [-0.4, -0.2) is 29.4 Å². The number of carbonyl (C=O) groups excluding carboxylic acids is 1. The third-order valence-corrected chi connectivity index (χ3v) is 5.10. The Labute approximate surface area is 116 Å². The SMILES string of the molecule is CC1CCCC(N)(C(=O)N(CC2CC2)CC2CC2)C1. The average molecular weight is 264 g/mol. The first-order chi connectivity index (χ1) is 9.07. The Morgan fingerprint density at radius 1 is 1.16 bits per heavy atom. The largest absolute Gasteiger partial charge is 0.341 e. The Bertz CT molecular complexity index is 335. The van der Waals surface area contributed by atoms with Crippen molar-refractivity contribution in [2.75, 3.05) is 13.1 Å². The summed E-state index contributed by atoms with van der Waals surface area (Å²) in [6.45, 7) is 4.19. The molecule has 0 aliphatic heterocycles. The zero-order valence-corrected chi connectivity index (χ0v) is 12.2. The summed E-state index contributed by atoms with van der Waals surface area (Å²) in [6.07, 6.45) is 9.36. The predicted molar refractivity (Wildman–Crippen MR) is 76.6 cm³/mol. The maximum Gasteiger partial charge on any atom is 0.242 e. The van der Waals surface area contributed by atoms with Gasteiger partial charge >= 0.3 is 0 Å². The highest BCUT2D eigenvalue weighted by Gasteiger charge is 2.42. The number of amides is 1. The van der Waals surface area contributed by atoms with Gasteiger partial charge in [-0.15, -0.1) is 0 Å². The van der Waals surface area contributed by atoms with Crippen molar-refractivity contribution in [1.82, 2.24) is 4.90 Å². The van der Waals surface area contributed by atoms with Crippen LogP contribution in [0.4, 0.5) is 0 Å². The standard InChI is InChI=1S/C16H28N2O/c1-12-3-2-8-16(17,9-12)15(19)18(10-13-4-5-13)11-14-6-7-14/h12-14H,2-11,17H2,1H3. The van der Waals surface area contributed by atoms with Crippen molar-refractivity contribution in [3.8, 4) is 0 Å². The molecule has 3 nitrogen and oxygen atoms in total. The van der Waals surface area contributed by atoms with Gasteiger partial charge in [-0.1, -0.05) is 19.8 Å². The molecule has 3 saturated carbocycles. The predicted octanol–water partition coefficient (Wildman–Crippen LogP) is 2.54. The van der Waals surface area contributed by atoms with Gasteiger partial charge < -0.3 is 10.6 Å². The van der Waals surface area contributed by atoms with E-state index < -0.39 is 5.54 Å². The van der Waals surface area contributed by atoms with Crippen molar-refractivity contribution < 1.29 is 4.79 Å². The lowest BCUT2D eigenvalue weighted by Crippen LogP contribution is -2.58. The van der Waals surface area contributed by atoms with Gasteiger partial charge in [0.25, 0.3) is 0 Å². The molecule has 0 bridgehead atoms. The molecule has 0 aromatic rings. The Morgan fingerprint density at radius 2 is 1.74 bits per heavy atom. The van der Waals surface area contributed by atoms with E-state index in [1.165, 1.54) is 32.1 Å². The van der Waals surface area contributed by atoms with Crippen LogP contribution in [0.3, 0.4) is 0 Å². The minimum atomic E-state index is -0.554. The summed E-state index contributed by atoms with van der Waals surface area (Å²) in [5.41, 5.74) is 5.94. The second kappa shape index (κ2) is 5.08. The number of hydrogen-bond donors (Lipinski definition) is 1. The van der Waals surface area contributed by atoms with Gasteiger partial charge in [0, 0.05) is 13.1 Å². The lowest BCUT2D eigenvalue weighted by molar-refractivity contribution is -0.139. The van der Waals surface area contributed by atoms with Crippen LogP contribution < -0.4 is 5.73 Å². The minimum Gasteiger partial charge on any atom is -0.341 e. The first-order valence-electron chi connectivity index (χ1n) is 8.15. The van der Waals surface area contributed by atoms with Crippen LogP contribution in [0, 0.1) is 17.8 Å². The van der Waals surface area contributed by atoms with E-state index in [9.17, 15) is 4.79 Å². The van der Waals surface area contributed by atoms with Crippen molar-refractivity contribution in [3.63, 3.8) is 0 Å². The summed E-state index contributed by atoms with van der Waals surface area (Å²) in [6, 6.07) is 0. The minimum absolute atomic E-state index is 0.262. The fourth-order valence-corrected chi connectivity index (χ4v) is 3.57. The second-order valence-corrected chi connectivity index (χ2v) is 7.45. The molecule has 3 rings (SSSR count). The van der Waals surface area contributed by atoms with Crippen LogP contribution in [-0.2, 0) is 4.79 Å². The van der Waals surface area contributed by atoms with Crippen molar-refractivity contribution in [1.29, 1.82) is 0 Å². The van der Waals surface area contributed by atoms with Crippen molar-refractivity contribution in [2.24, 2.45) is 23.5 Å². The molecule has 0 aromatic carbocycles. The van der Waals surface area contributed by atoms with Gasteiger partial charge in [0.05, 0.1) is 5.54 Å². The quantitative estimate of drug-likeness (QED) is 0.829. The Balaban J connectivity index is 1.66. The van der Waals surface area contributed by atoms with Gasteiger partial charge in [-0.05, 0) is 56.3 Å². The van der Waals surface area contributed by atoms with Crippen LogP contribution in [0.2, 0.25) is 0 Å². The molecular weight excluding hydrogens is 236 g/mol. The summed E-state index contributed by atoms with van der Waals surface area (Å²) in [5, 5.41) is 0. The molecule has 2 atom stereocenters. The number of carbonyl (C=O) groups is 1. The first-order valence-corrected chi connectivity index (χ1v) is 8.15. The molecule has 0 heterocycles. The van der Waals surface area contributed by atoms with Crippen LogP contribution >= 0.6 is 0 Å². The maximum atomic E-state index is 12.9. The van der Waals surface area contributed by atoms with E-state index in [0.29, 0.717) is 5.92 Å². The van der Waals surface area contributed by atoms with Gasteiger partial charge in [0.1, 0.15) is 0 Å². The zero-order valence-electron chi connectivity index (χ0n) is 12.2. The smallest absolute Gasteiger partial charge is 0.242 e. The normalized spacial score (nSPS) is 35.2. The Kier molecular flexibility index (Phi) is 3.59. The number of rotatable bonds is 5. The van der Waals surface area contributed by atoms with E-state index >= 15 is 0 Å². The van der Waals surface area contributed by atoms with Crippen molar-refractivity contribution in [2.45, 2.75) is 63.8 Å². The molecule has 0 saturated heterocycles. The molecule has 3 aliphatic carbocycles. The highest BCUT2D eigenvalue weighted by Crippen LogP contribution is 2.37. The molecule has 108 valence electrons. The molecular formula is C16H28N2O. The fourth-order valence-electron chi connectivity index (χ4n) is 3.57. The highest BCUT2D eigenvalue weighted by molar-refractivity contribution is 5.86. The van der Waals surface area contributed by atoms with Gasteiger partial charge in [-0.2, -0.15) is 0 Å². The Morgan fingerprint density at radius 3 is 2.21 bits per heavy atom. The summed E-state index contributed by atoms with van der Waals surface area (Å²) in [4.78, 5) is 15.0. The molecule has 0 aromatic heterocycles. The molecule has 3 fully saturated rings. The van der Waals surface area contributed by atoms with E-state index in [0.717, 1.165) is 44.2 Å². The van der Waals surface area contributed by atoms with Gasteiger partial charge in [-0.3, -0.25) is 4.79 Å². The van der Waals surface area contributed by atoms with Gasteiger partial charge in [0.15, 0.2) is 0 Å². The molecule has 3 heteroatoms. The number of nitrogens with two attached hydrogens (primary N) is 1. The maximum absolute atomic E-state index is 12.9. The van der Waals surface area contributed by atoms with Gasteiger partial charge in [0.2, 0.25) is 5.91 Å². The molecule has 2 N–H and O–H groups in total. The second-order valence-electron chi connectivity index (χ2n) is 7.45. The summed E-state index contributed by atoms with van der Waals surface area (Å²) >= 11 is 0. The van der Waals surface area contributed by atoms with Crippen LogP contribution in [0.15, 0.2) is 0 Å². The van der Waals surface area contributed by atoms with E-state index in [-0.39, 0.29) is 5.91 Å². The number of nitrogens with zero attached hydrogens (tertiary/aromatic N) is 1. The van der Waals surface area contributed by atoms with Crippen LogP contribution in [0.25, 0.3) is 0 Å². The van der Waals surface area contributed by atoms with Crippen molar-refractivity contribution in [3.05, 3.63) is 0 Å². The van der Waals surface area contributed by atoms with Gasteiger partial charge in [-0.25, -0.2) is 0 Å². The average Bonchev–Trinajstić information content (AvgIpc) is 3.21. The zero-order chi connectivity index (χ0) is 13.5. The lowest BCUT2D eigenvalue weighted by atomic mass is 9.76.